The molecule has 0 bridgehead atoms. The summed E-state index contributed by atoms with van der Waals surface area (Å²) in [5, 5.41) is 11.4. The first-order valence-electron chi connectivity index (χ1n) is 6.62. The number of carbonyl (C=O) groups excluding carboxylic acids is 1. The van der Waals surface area contributed by atoms with Gasteiger partial charge in [-0.2, -0.15) is 5.26 Å². The molecule has 0 heterocycles. The number of amides is 1. The van der Waals surface area contributed by atoms with Crippen LogP contribution in [0.3, 0.4) is 0 Å². The van der Waals surface area contributed by atoms with Gasteiger partial charge < -0.3 is 5.32 Å². The Morgan fingerprint density at radius 1 is 1.38 bits per heavy atom. The summed E-state index contributed by atoms with van der Waals surface area (Å²) in [7, 11) is -3.30. The molecule has 0 radical (unpaired) electrons. The zero-order valence-electron chi connectivity index (χ0n) is 12.2. The Kier molecular flexibility index (Phi) is 6.34. The molecule has 0 aliphatic rings. The van der Waals surface area contributed by atoms with E-state index in [-0.39, 0.29) is 18.9 Å². The summed E-state index contributed by atoms with van der Waals surface area (Å²) < 4.78 is 24.4. The van der Waals surface area contributed by atoms with Crippen LogP contribution in [-0.4, -0.2) is 38.0 Å². The van der Waals surface area contributed by atoms with Crippen molar-refractivity contribution < 1.29 is 13.2 Å². The highest BCUT2D eigenvalue weighted by Crippen LogP contribution is 2.10. The maximum Gasteiger partial charge on any atom is 0.225 e. The molecule has 0 aliphatic heterocycles. The van der Waals surface area contributed by atoms with Gasteiger partial charge in [-0.1, -0.05) is 13.0 Å². The van der Waals surface area contributed by atoms with Crippen LogP contribution < -0.4 is 5.32 Å². The van der Waals surface area contributed by atoms with E-state index in [0.29, 0.717) is 24.2 Å². The maximum absolute atomic E-state index is 11.8. The van der Waals surface area contributed by atoms with Crippen LogP contribution in [0.4, 0.5) is 5.69 Å². The zero-order chi connectivity index (χ0) is 15.9. The van der Waals surface area contributed by atoms with E-state index >= 15 is 0 Å². The number of hydrogen-bond donors (Lipinski definition) is 1. The van der Waals surface area contributed by atoms with E-state index in [4.69, 9.17) is 5.26 Å². The number of hydrogen-bond acceptors (Lipinski definition) is 4. The number of nitrogens with one attached hydrogen (secondary N) is 1. The van der Waals surface area contributed by atoms with Crippen molar-refractivity contribution >= 4 is 21.6 Å². The van der Waals surface area contributed by atoms with Crippen LogP contribution >= 0.6 is 0 Å². The first-order valence-corrected chi connectivity index (χ1v) is 8.46. The summed E-state index contributed by atoms with van der Waals surface area (Å²) in [5.41, 5.74) is 0.983. The second-order valence-corrected chi connectivity index (χ2v) is 6.64. The van der Waals surface area contributed by atoms with E-state index in [0.717, 1.165) is 6.26 Å². The monoisotopic (exact) mass is 309 g/mol. The Bertz CT molecular complexity index is 635. The Morgan fingerprint density at radius 3 is 2.67 bits per heavy atom. The van der Waals surface area contributed by atoms with Gasteiger partial charge >= 0.3 is 0 Å². The molecule has 0 spiro atoms. The summed E-state index contributed by atoms with van der Waals surface area (Å²) in [5.74, 6) is -0.283. The number of nitrogens with zero attached hydrogens (tertiary/aromatic N) is 2. The van der Waals surface area contributed by atoms with E-state index < -0.39 is 10.0 Å². The van der Waals surface area contributed by atoms with E-state index in [9.17, 15) is 13.2 Å². The van der Waals surface area contributed by atoms with Crippen LogP contribution in [-0.2, 0) is 14.8 Å². The van der Waals surface area contributed by atoms with Gasteiger partial charge in [0.15, 0.2) is 0 Å². The van der Waals surface area contributed by atoms with Crippen LogP contribution in [0, 0.1) is 11.3 Å². The van der Waals surface area contributed by atoms with Crippen LogP contribution in [0.15, 0.2) is 24.3 Å². The largest absolute Gasteiger partial charge is 0.326 e. The standard InChI is InChI=1S/C14H19N3O3S/c1-3-8-17(21(2,19)20)9-7-14(18)16-13-6-4-5-12(10-13)11-15/h4-6,10H,3,7-9H2,1-2H3,(H,16,18). The molecular formula is C14H19N3O3S. The first-order chi connectivity index (χ1) is 9.86. The Labute approximate surface area is 125 Å². The third-order valence-electron chi connectivity index (χ3n) is 2.81. The second kappa shape index (κ2) is 7.76. The van der Waals surface area contributed by atoms with Crippen molar-refractivity contribution in [3.63, 3.8) is 0 Å². The molecule has 7 heteroatoms. The highest BCUT2D eigenvalue weighted by atomic mass is 32.2. The molecular weight excluding hydrogens is 290 g/mol. The molecule has 114 valence electrons. The lowest BCUT2D eigenvalue weighted by atomic mass is 10.2. The molecule has 1 N–H and O–H groups in total. The lowest BCUT2D eigenvalue weighted by Gasteiger charge is -2.18. The van der Waals surface area contributed by atoms with Gasteiger partial charge in [-0.25, -0.2) is 12.7 Å². The minimum absolute atomic E-state index is 0.0733. The van der Waals surface area contributed by atoms with Crippen molar-refractivity contribution in [3.8, 4) is 6.07 Å². The van der Waals surface area contributed by atoms with Crippen molar-refractivity contribution in [1.82, 2.24) is 4.31 Å². The predicted molar refractivity (Wildman–Crippen MR) is 81.1 cm³/mol. The SMILES string of the molecule is CCCN(CCC(=O)Nc1cccc(C#N)c1)S(C)(=O)=O. The van der Waals surface area contributed by atoms with Gasteiger partial charge in [0.1, 0.15) is 0 Å². The number of anilines is 1. The fraction of sp³-hybridized carbons (Fsp3) is 0.429. The van der Waals surface area contributed by atoms with Crippen molar-refractivity contribution in [2.24, 2.45) is 0 Å². The summed E-state index contributed by atoms with van der Waals surface area (Å²) in [4.78, 5) is 11.8. The number of sulfonamides is 1. The molecule has 0 saturated heterocycles. The average Bonchev–Trinajstić information content (AvgIpc) is 2.42. The molecule has 1 amide bonds. The molecule has 0 aromatic heterocycles. The quantitative estimate of drug-likeness (QED) is 0.827. The first kappa shape index (κ1) is 17.1. The number of benzene rings is 1. The molecule has 0 aliphatic carbocycles. The highest BCUT2D eigenvalue weighted by molar-refractivity contribution is 7.88. The minimum Gasteiger partial charge on any atom is -0.326 e. The van der Waals surface area contributed by atoms with E-state index in [1.54, 1.807) is 24.3 Å². The van der Waals surface area contributed by atoms with Gasteiger partial charge in [-0.15, -0.1) is 0 Å². The van der Waals surface area contributed by atoms with Crippen molar-refractivity contribution in [2.75, 3.05) is 24.7 Å². The van der Waals surface area contributed by atoms with Gasteiger partial charge in [0, 0.05) is 25.2 Å². The fourth-order valence-electron chi connectivity index (χ4n) is 1.81. The molecule has 0 atom stereocenters. The van der Waals surface area contributed by atoms with Crippen molar-refractivity contribution in [2.45, 2.75) is 19.8 Å². The smallest absolute Gasteiger partial charge is 0.225 e. The molecule has 1 aromatic carbocycles. The second-order valence-electron chi connectivity index (χ2n) is 4.65. The van der Waals surface area contributed by atoms with Gasteiger partial charge in [0.25, 0.3) is 0 Å². The van der Waals surface area contributed by atoms with E-state index in [1.165, 1.54) is 4.31 Å². The molecule has 0 fully saturated rings. The van der Waals surface area contributed by atoms with E-state index in [1.807, 2.05) is 13.0 Å². The Hall–Kier alpha value is -1.91. The van der Waals surface area contributed by atoms with Crippen LogP contribution in [0.1, 0.15) is 25.3 Å². The molecule has 1 aromatic rings. The van der Waals surface area contributed by atoms with Gasteiger partial charge in [0.2, 0.25) is 15.9 Å². The average molecular weight is 309 g/mol. The summed E-state index contributed by atoms with van der Waals surface area (Å²) in [6, 6.07) is 8.55. The Balaban J connectivity index is 2.59. The third-order valence-corrected chi connectivity index (χ3v) is 4.11. The maximum atomic E-state index is 11.8. The molecule has 6 nitrogen and oxygen atoms in total. The molecule has 0 saturated carbocycles. The number of carbonyl (C=O) groups is 1. The number of nitriles is 1. The predicted octanol–water partition coefficient (Wildman–Crippen LogP) is 1.56. The van der Waals surface area contributed by atoms with Crippen LogP contribution in [0.5, 0.6) is 0 Å². The fourth-order valence-corrected chi connectivity index (χ4v) is 2.75. The normalized spacial score (nSPS) is 11.1. The van der Waals surface area contributed by atoms with Gasteiger partial charge in [-0.3, -0.25) is 4.79 Å². The minimum atomic E-state index is -3.30. The lowest BCUT2D eigenvalue weighted by molar-refractivity contribution is -0.116. The summed E-state index contributed by atoms with van der Waals surface area (Å²) >= 11 is 0. The van der Waals surface area contributed by atoms with Crippen LogP contribution in [0.2, 0.25) is 0 Å². The lowest BCUT2D eigenvalue weighted by Crippen LogP contribution is -2.33. The van der Waals surface area contributed by atoms with Gasteiger partial charge in [0.05, 0.1) is 17.9 Å². The van der Waals surface area contributed by atoms with Crippen molar-refractivity contribution in [1.29, 1.82) is 5.26 Å². The number of rotatable bonds is 7. The zero-order valence-corrected chi connectivity index (χ0v) is 13.0. The van der Waals surface area contributed by atoms with Gasteiger partial charge in [-0.05, 0) is 24.6 Å². The molecule has 1 rings (SSSR count). The molecule has 0 unspecified atom stereocenters. The van der Waals surface area contributed by atoms with Crippen LogP contribution in [0.25, 0.3) is 0 Å². The third kappa shape index (κ3) is 5.94. The highest BCUT2D eigenvalue weighted by Gasteiger charge is 2.16. The van der Waals surface area contributed by atoms with E-state index in [2.05, 4.69) is 5.32 Å². The topological polar surface area (TPSA) is 90.3 Å². The molecule has 21 heavy (non-hydrogen) atoms. The summed E-state index contributed by atoms with van der Waals surface area (Å²) in [6.45, 7) is 2.43. The summed E-state index contributed by atoms with van der Waals surface area (Å²) in [6.07, 6.45) is 1.90. The van der Waals surface area contributed by atoms with Crippen molar-refractivity contribution in [3.05, 3.63) is 29.8 Å². The Morgan fingerprint density at radius 2 is 2.10 bits per heavy atom.